The molecule has 0 aliphatic heterocycles. The highest BCUT2D eigenvalue weighted by Gasteiger charge is 2.00. The molecule has 0 bridgehead atoms. The first-order valence-electron chi connectivity index (χ1n) is 15.7. The minimum Gasteiger partial charge on any atom is -0.380 e. The summed E-state index contributed by atoms with van der Waals surface area (Å²) < 4.78 is 0. The molecule has 0 aliphatic carbocycles. The molecule has 0 aromatic heterocycles. The second-order valence-corrected chi connectivity index (χ2v) is 11.6. The van der Waals surface area contributed by atoms with Gasteiger partial charge in [-0.25, -0.2) is 0 Å². The van der Waals surface area contributed by atoms with Gasteiger partial charge in [0.1, 0.15) is 0 Å². The van der Waals surface area contributed by atoms with Gasteiger partial charge in [0.15, 0.2) is 0 Å². The van der Waals surface area contributed by atoms with Gasteiger partial charge in [0.2, 0.25) is 0 Å². The predicted molar refractivity (Wildman–Crippen MR) is 168 cm³/mol. The summed E-state index contributed by atoms with van der Waals surface area (Å²) in [5.41, 5.74) is 0. The first-order valence-corrected chi connectivity index (χ1v) is 16.6. The van der Waals surface area contributed by atoms with Crippen molar-refractivity contribution in [3.8, 4) is 0 Å². The fraction of sp³-hybridized carbons (Fsp3) is 0.935. The molecular weight excluding hydrogens is 464 g/mol. The van der Waals surface area contributed by atoms with Crippen molar-refractivity contribution >= 4 is 34.4 Å². The molecule has 2 nitrogen and oxygen atoms in total. The third-order valence-corrected chi connectivity index (χ3v) is 7.71. The molecule has 0 amide bonds. The van der Waals surface area contributed by atoms with Crippen LogP contribution in [0.5, 0.6) is 0 Å². The topological polar surface area (TPSA) is 24.1 Å². The monoisotopic (exact) mass is 526 g/mol. The maximum Gasteiger partial charge on any atom is 0.0753 e. The van der Waals surface area contributed by atoms with E-state index >= 15 is 0 Å². The highest BCUT2D eigenvalue weighted by molar-refractivity contribution is 7.80. The summed E-state index contributed by atoms with van der Waals surface area (Å²) in [4.78, 5) is 2.12. The van der Waals surface area contributed by atoms with Crippen molar-refractivity contribution in [2.75, 3.05) is 13.1 Å². The van der Waals surface area contributed by atoms with Gasteiger partial charge in [-0.3, -0.25) is 0 Å². The highest BCUT2D eigenvalue weighted by Crippen LogP contribution is 2.11. The van der Waals surface area contributed by atoms with Crippen LogP contribution in [-0.4, -0.2) is 23.1 Å². The number of unbranched alkanes of at least 4 members (excludes halogenated alkanes) is 20. The molecule has 0 fully saturated rings. The Morgan fingerprint density at radius 2 is 0.629 bits per heavy atom. The zero-order valence-corrected chi connectivity index (χ0v) is 25.5. The maximum absolute atomic E-state index is 5.51. The summed E-state index contributed by atoms with van der Waals surface area (Å²) in [5.74, 6) is 0. The van der Waals surface area contributed by atoms with Gasteiger partial charge in [0.25, 0.3) is 0 Å². The zero-order valence-electron chi connectivity index (χ0n) is 23.9. The molecule has 0 saturated heterocycles. The molecule has 0 unspecified atom stereocenters. The van der Waals surface area contributed by atoms with Crippen LogP contribution in [0.1, 0.15) is 174 Å². The van der Waals surface area contributed by atoms with E-state index < -0.39 is 0 Å². The lowest BCUT2D eigenvalue weighted by molar-refractivity contribution is 0.554. The lowest BCUT2D eigenvalue weighted by Gasteiger charge is -2.09. The fourth-order valence-electron chi connectivity index (χ4n) is 4.61. The van der Waals surface area contributed by atoms with E-state index in [1.807, 2.05) is 0 Å². The molecule has 0 aromatic rings. The molecule has 0 aromatic carbocycles. The quantitative estimate of drug-likeness (QED) is 0.0782. The van der Waals surface area contributed by atoms with Crippen molar-refractivity contribution in [1.82, 2.24) is 10.6 Å². The van der Waals surface area contributed by atoms with Crippen molar-refractivity contribution in [1.29, 1.82) is 0 Å². The standard InChI is InChI=1S/C31H62N2S2/c1-3-5-7-9-11-13-15-17-19-24-28-32-30(34)26-22-21-23-27-31(35)33-29-25-20-18-16-14-12-10-8-6-4-2/h3-29H2,1-2H3,(H,32,34)(H,33,35). The number of nitrogens with one attached hydrogen (secondary N) is 2. The third kappa shape index (κ3) is 29.9. The Morgan fingerprint density at radius 1 is 0.371 bits per heavy atom. The van der Waals surface area contributed by atoms with Crippen LogP contribution in [-0.2, 0) is 0 Å². The average Bonchev–Trinajstić information content (AvgIpc) is 2.85. The van der Waals surface area contributed by atoms with E-state index in [0.29, 0.717) is 0 Å². The second-order valence-electron chi connectivity index (χ2n) is 10.6. The summed E-state index contributed by atoms with van der Waals surface area (Å²) in [6.07, 6.45) is 33.4. The molecule has 0 saturated carbocycles. The van der Waals surface area contributed by atoms with Gasteiger partial charge in [-0.2, -0.15) is 0 Å². The summed E-state index contributed by atoms with van der Waals surface area (Å²) >= 11 is 11.0. The first kappa shape index (κ1) is 34.8. The van der Waals surface area contributed by atoms with Crippen LogP contribution in [0.25, 0.3) is 0 Å². The van der Waals surface area contributed by atoms with Gasteiger partial charge in [-0.15, -0.1) is 0 Å². The van der Waals surface area contributed by atoms with Crippen LogP contribution < -0.4 is 10.6 Å². The van der Waals surface area contributed by atoms with E-state index in [0.717, 1.165) is 35.9 Å². The minimum atomic E-state index is 1.03. The zero-order chi connectivity index (χ0) is 25.7. The number of hydrogen-bond donors (Lipinski definition) is 2. The molecule has 0 heterocycles. The Hall–Kier alpha value is -0.220. The minimum absolute atomic E-state index is 1.03. The van der Waals surface area contributed by atoms with Crippen LogP contribution in [0.15, 0.2) is 0 Å². The largest absolute Gasteiger partial charge is 0.380 e. The normalized spacial score (nSPS) is 11.0. The predicted octanol–water partition coefficient (Wildman–Crippen LogP) is 10.6. The average molecular weight is 527 g/mol. The summed E-state index contributed by atoms with van der Waals surface area (Å²) in [6, 6.07) is 0. The first-order chi connectivity index (χ1) is 17.2. The van der Waals surface area contributed by atoms with Gasteiger partial charge >= 0.3 is 0 Å². The molecule has 0 radical (unpaired) electrons. The third-order valence-electron chi connectivity index (χ3n) is 7.01. The van der Waals surface area contributed by atoms with Crippen LogP contribution in [0, 0.1) is 0 Å². The second kappa shape index (κ2) is 30.0. The van der Waals surface area contributed by atoms with Crippen LogP contribution >= 0.6 is 24.4 Å². The smallest absolute Gasteiger partial charge is 0.0753 e. The number of rotatable bonds is 28. The van der Waals surface area contributed by atoms with Crippen molar-refractivity contribution in [2.24, 2.45) is 0 Å². The van der Waals surface area contributed by atoms with Gasteiger partial charge in [-0.1, -0.05) is 160 Å². The molecule has 208 valence electrons. The van der Waals surface area contributed by atoms with Gasteiger partial charge in [0, 0.05) is 13.1 Å². The van der Waals surface area contributed by atoms with Crippen LogP contribution in [0.2, 0.25) is 0 Å². The van der Waals surface area contributed by atoms with E-state index in [4.69, 9.17) is 24.4 Å². The Morgan fingerprint density at radius 3 is 0.943 bits per heavy atom. The van der Waals surface area contributed by atoms with Gasteiger partial charge in [-0.05, 0) is 38.5 Å². The molecule has 2 N–H and O–H groups in total. The summed E-state index contributed by atoms with van der Waals surface area (Å²) in [5, 5.41) is 6.93. The molecule has 0 aliphatic rings. The van der Waals surface area contributed by atoms with Crippen molar-refractivity contribution in [2.45, 2.75) is 174 Å². The summed E-state index contributed by atoms with van der Waals surface area (Å²) in [7, 11) is 0. The Labute approximate surface area is 232 Å². The van der Waals surface area contributed by atoms with E-state index in [-0.39, 0.29) is 0 Å². The molecule has 35 heavy (non-hydrogen) atoms. The van der Waals surface area contributed by atoms with Gasteiger partial charge < -0.3 is 10.6 Å². The molecule has 0 atom stereocenters. The van der Waals surface area contributed by atoms with E-state index in [2.05, 4.69) is 24.5 Å². The lowest BCUT2D eigenvalue weighted by Crippen LogP contribution is -2.23. The van der Waals surface area contributed by atoms with Gasteiger partial charge in [0.05, 0.1) is 9.98 Å². The number of hydrogen-bond acceptors (Lipinski definition) is 2. The molecular formula is C31H62N2S2. The van der Waals surface area contributed by atoms with Crippen molar-refractivity contribution in [3.05, 3.63) is 0 Å². The Kier molecular flexibility index (Phi) is 29.8. The van der Waals surface area contributed by atoms with Crippen LogP contribution in [0.4, 0.5) is 0 Å². The van der Waals surface area contributed by atoms with Crippen molar-refractivity contribution < 1.29 is 0 Å². The maximum atomic E-state index is 5.51. The number of thiocarbonyl (C=S) groups is 2. The van der Waals surface area contributed by atoms with E-state index in [1.54, 1.807) is 0 Å². The molecule has 4 heteroatoms. The Bertz CT molecular complexity index is 413. The SMILES string of the molecule is CCCCCCCCCCCCNC(=S)CCCCCC(=S)NCCCCCCCCCCCC. The Balaban J connectivity index is 3.27. The van der Waals surface area contributed by atoms with E-state index in [1.165, 1.54) is 148 Å². The fourth-order valence-corrected chi connectivity index (χ4v) is 5.10. The highest BCUT2D eigenvalue weighted by atomic mass is 32.1. The summed E-state index contributed by atoms with van der Waals surface area (Å²) in [6.45, 7) is 6.69. The van der Waals surface area contributed by atoms with Crippen LogP contribution in [0.3, 0.4) is 0 Å². The van der Waals surface area contributed by atoms with E-state index in [9.17, 15) is 0 Å². The molecule has 0 spiro atoms. The van der Waals surface area contributed by atoms with Crippen molar-refractivity contribution in [3.63, 3.8) is 0 Å². The lowest BCUT2D eigenvalue weighted by atomic mass is 10.1. The molecule has 0 rings (SSSR count).